The maximum Gasteiger partial charge on any atom is 0.193 e. The van der Waals surface area contributed by atoms with Gasteiger partial charge in [0.15, 0.2) is 5.96 Å². The highest BCUT2D eigenvalue weighted by Crippen LogP contribution is 2.15. The van der Waals surface area contributed by atoms with Crippen LogP contribution in [-0.2, 0) is 17.8 Å². The van der Waals surface area contributed by atoms with Crippen LogP contribution in [0, 0.1) is 11.6 Å². The van der Waals surface area contributed by atoms with E-state index < -0.39 is 11.6 Å². The van der Waals surface area contributed by atoms with Gasteiger partial charge in [0.05, 0.1) is 6.61 Å². The second-order valence-electron chi connectivity index (χ2n) is 4.97. The molecule has 24 heavy (non-hydrogen) atoms. The number of nitrogens with two attached hydrogens (primary N) is 1. The summed E-state index contributed by atoms with van der Waals surface area (Å²) in [7, 11) is 1.61. The maximum atomic E-state index is 13.5. The fraction of sp³-hybridized carbons (Fsp3) is 0.235. The monoisotopic (exact) mass is 447 g/mol. The third kappa shape index (κ3) is 6.04. The van der Waals surface area contributed by atoms with Gasteiger partial charge in [-0.05, 0) is 36.2 Å². The molecule has 0 aliphatic heterocycles. The molecular formula is C17H20F2IN3O. The number of guanidine groups is 1. The summed E-state index contributed by atoms with van der Waals surface area (Å²) >= 11 is 0. The molecule has 0 unspecified atom stereocenters. The van der Waals surface area contributed by atoms with Gasteiger partial charge in [-0.1, -0.05) is 18.2 Å². The molecule has 4 nitrogen and oxygen atoms in total. The Hall–Kier alpha value is -1.74. The van der Waals surface area contributed by atoms with Crippen LogP contribution in [0.1, 0.15) is 11.1 Å². The molecule has 0 saturated carbocycles. The SMILES string of the molecule is COCc1ccccc1NC(N)=NCCc1cc(F)ccc1F.I. The summed E-state index contributed by atoms with van der Waals surface area (Å²) < 4.78 is 31.7. The lowest BCUT2D eigenvalue weighted by atomic mass is 10.1. The molecule has 0 atom stereocenters. The molecule has 0 radical (unpaired) electrons. The molecular weight excluding hydrogens is 427 g/mol. The van der Waals surface area contributed by atoms with Crippen molar-refractivity contribution in [2.24, 2.45) is 10.7 Å². The van der Waals surface area contributed by atoms with Crippen LogP contribution in [0.25, 0.3) is 0 Å². The van der Waals surface area contributed by atoms with Gasteiger partial charge in [-0.2, -0.15) is 0 Å². The number of benzene rings is 2. The number of nitrogens with zero attached hydrogens (tertiary/aromatic N) is 1. The highest BCUT2D eigenvalue weighted by Gasteiger charge is 2.05. The zero-order valence-corrected chi connectivity index (χ0v) is 15.6. The smallest absolute Gasteiger partial charge is 0.193 e. The van der Waals surface area contributed by atoms with Gasteiger partial charge >= 0.3 is 0 Å². The molecule has 2 aromatic carbocycles. The van der Waals surface area contributed by atoms with E-state index in [2.05, 4.69) is 10.3 Å². The third-order valence-electron chi connectivity index (χ3n) is 3.25. The van der Waals surface area contributed by atoms with Gasteiger partial charge in [0, 0.05) is 24.9 Å². The topological polar surface area (TPSA) is 59.6 Å². The number of hydrogen-bond acceptors (Lipinski definition) is 2. The number of para-hydroxylation sites is 1. The van der Waals surface area contributed by atoms with Crippen LogP contribution < -0.4 is 11.1 Å². The van der Waals surface area contributed by atoms with Gasteiger partial charge in [-0.15, -0.1) is 24.0 Å². The Labute approximate surface area is 157 Å². The quantitative estimate of drug-likeness (QED) is 0.404. The molecule has 0 amide bonds. The van der Waals surface area contributed by atoms with Gasteiger partial charge in [0.1, 0.15) is 11.6 Å². The first kappa shape index (κ1) is 20.3. The highest BCUT2D eigenvalue weighted by atomic mass is 127. The summed E-state index contributed by atoms with van der Waals surface area (Å²) in [5, 5.41) is 2.99. The normalized spacial score (nSPS) is 11.0. The summed E-state index contributed by atoms with van der Waals surface area (Å²) in [4.78, 5) is 4.14. The van der Waals surface area contributed by atoms with Gasteiger partial charge in [-0.3, -0.25) is 4.99 Å². The van der Waals surface area contributed by atoms with E-state index in [1.165, 1.54) is 6.07 Å². The fourth-order valence-corrected chi connectivity index (χ4v) is 2.13. The molecule has 0 saturated heterocycles. The molecule has 0 aliphatic carbocycles. The summed E-state index contributed by atoms with van der Waals surface area (Å²) in [6.07, 6.45) is 0.270. The predicted octanol–water partition coefficient (Wildman–Crippen LogP) is 3.70. The number of ether oxygens (including phenoxy) is 1. The average molecular weight is 447 g/mol. The van der Waals surface area contributed by atoms with Crippen molar-refractivity contribution < 1.29 is 13.5 Å². The summed E-state index contributed by atoms with van der Waals surface area (Å²) in [5.74, 6) is -0.700. The number of nitrogens with one attached hydrogen (secondary N) is 1. The Morgan fingerprint density at radius 2 is 1.92 bits per heavy atom. The first-order chi connectivity index (χ1) is 11.1. The summed E-state index contributed by atoms with van der Waals surface area (Å²) in [6, 6.07) is 10.9. The highest BCUT2D eigenvalue weighted by molar-refractivity contribution is 14.0. The summed E-state index contributed by atoms with van der Waals surface area (Å²) in [5.41, 5.74) is 7.86. The van der Waals surface area contributed by atoms with Crippen molar-refractivity contribution in [3.8, 4) is 0 Å². The van der Waals surface area contributed by atoms with E-state index in [-0.39, 0.29) is 48.5 Å². The Kier molecular flexibility index (Phi) is 8.62. The lowest BCUT2D eigenvalue weighted by Crippen LogP contribution is -2.24. The Bertz CT molecular complexity index is 695. The molecule has 130 valence electrons. The molecule has 0 bridgehead atoms. The lowest BCUT2D eigenvalue weighted by Gasteiger charge is -2.10. The van der Waals surface area contributed by atoms with Crippen molar-refractivity contribution in [3.05, 3.63) is 65.2 Å². The van der Waals surface area contributed by atoms with E-state index in [1.807, 2.05) is 24.3 Å². The van der Waals surface area contributed by atoms with E-state index in [0.717, 1.165) is 23.4 Å². The van der Waals surface area contributed by atoms with Crippen molar-refractivity contribution in [2.75, 3.05) is 19.0 Å². The molecule has 2 aromatic rings. The van der Waals surface area contributed by atoms with Gasteiger partial charge in [-0.25, -0.2) is 8.78 Å². The van der Waals surface area contributed by atoms with Crippen molar-refractivity contribution in [3.63, 3.8) is 0 Å². The first-order valence-corrected chi connectivity index (χ1v) is 7.18. The summed E-state index contributed by atoms with van der Waals surface area (Å²) in [6.45, 7) is 0.705. The Morgan fingerprint density at radius 3 is 2.67 bits per heavy atom. The molecule has 0 spiro atoms. The van der Waals surface area contributed by atoms with E-state index in [4.69, 9.17) is 10.5 Å². The van der Waals surface area contributed by atoms with Crippen LogP contribution in [0.3, 0.4) is 0 Å². The van der Waals surface area contributed by atoms with Crippen molar-refractivity contribution in [1.82, 2.24) is 0 Å². The number of rotatable bonds is 6. The Balaban J connectivity index is 0.00000288. The molecule has 7 heteroatoms. The van der Waals surface area contributed by atoms with Crippen molar-refractivity contribution in [2.45, 2.75) is 13.0 Å². The maximum absolute atomic E-state index is 13.5. The number of hydrogen-bond donors (Lipinski definition) is 2. The zero-order valence-electron chi connectivity index (χ0n) is 13.3. The number of aliphatic imine (C=N–C) groups is 1. The van der Waals surface area contributed by atoms with Crippen LogP contribution in [0.5, 0.6) is 0 Å². The van der Waals surface area contributed by atoms with Gasteiger partial charge in [0.2, 0.25) is 0 Å². The minimum atomic E-state index is -0.468. The number of halogens is 3. The molecule has 2 rings (SSSR count). The lowest BCUT2D eigenvalue weighted by molar-refractivity contribution is 0.185. The zero-order chi connectivity index (χ0) is 16.7. The van der Waals surface area contributed by atoms with Crippen LogP contribution in [0.4, 0.5) is 14.5 Å². The van der Waals surface area contributed by atoms with Crippen molar-refractivity contribution in [1.29, 1.82) is 0 Å². The van der Waals surface area contributed by atoms with Crippen LogP contribution in [-0.4, -0.2) is 19.6 Å². The van der Waals surface area contributed by atoms with Crippen LogP contribution >= 0.6 is 24.0 Å². The van der Waals surface area contributed by atoms with E-state index in [9.17, 15) is 8.78 Å². The van der Waals surface area contributed by atoms with E-state index >= 15 is 0 Å². The largest absolute Gasteiger partial charge is 0.380 e. The Morgan fingerprint density at radius 1 is 1.17 bits per heavy atom. The third-order valence-corrected chi connectivity index (χ3v) is 3.25. The fourth-order valence-electron chi connectivity index (χ4n) is 2.13. The second-order valence-corrected chi connectivity index (χ2v) is 4.97. The number of methoxy groups -OCH3 is 1. The molecule has 0 aliphatic rings. The molecule has 0 heterocycles. The molecule has 0 fully saturated rings. The van der Waals surface area contributed by atoms with Crippen LogP contribution in [0.2, 0.25) is 0 Å². The first-order valence-electron chi connectivity index (χ1n) is 7.18. The number of anilines is 1. The van der Waals surface area contributed by atoms with E-state index in [1.54, 1.807) is 7.11 Å². The van der Waals surface area contributed by atoms with E-state index in [0.29, 0.717) is 6.61 Å². The van der Waals surface area contributed by atoms with Crippen molar-refractivity contribution >= 4 is 35.6 Å². The minimum absolute atomic E-state index is 0. The predicted molar refractivity (Wildman–Crippen MR) is 103 cm³/mol. The standard InChI is InChI=1S/C17H19F2N3O.HI/c1-23-11-13-4-2-3-5-16(13)22-17(20)21-9-8-12-10-14(18)6-7-15(12)19;/h2-7,10H,8-9,11H2,1H3,(H3,20,21,22);1H. The molecule has 0 aromatic heterocycles. The minimum Gasteiger partial charge on any atom is -0.380 e. The van der Waals surface area contributed by atoms with Gasteiger partial charge < -0.3 is 15.8 Å². The van der Waals surface area contributed by atoms with Crippen LogP contribution in [0.15, 0.2) is 47.5 Å². The second kappa shape index (κ2) is 10.2. The average Bonchev–Trinajstić information content (AvgIpc) is 2.53. The van der Waals surface area contributed by atoms with Gasteiger partial charge in [0.25, 0.3) is 0 Å². The molecule has 3 N–H and O–H groups in total.